The Morgan fingerprint density at radius 3 is 2.81 bits per heavy atom. The lowest BCUT2D eigenvalue weighted by atomic mass is 9.78. The quantitative estimate of drug-likeness (QED) is 0.211. The molecule has 0 saturated heterocycles. The van der Waals surface area contributed by atoms with E-state index in [0.29, 0.717) is 22.0 Å². The maximum absolute atomic E-state index is 12.0. The molecule has 1 aromatic rings. The molecule has 0 amide bonds. The SMILES string of the molecule is C=C(NC[C@H]1CCC[C@@H](c2ccccc2)C1)/C(Br)=C(\N=CN)C(=O)OCC. The van der Waals surface area contributed by atoms with E-state index in [1.54, 1.807) is 6.92 Å². The van der Waals surface area contributed by atoms with Gasteiger partial charge in [0.15, 0.2) is 5.70 Å². The van der Waals surface area contributed by atoms with Crippen molar-refractivity contribution < 1.29 is 9.53 Å². The first-order valence-corrected chi connectivity index (χ1v) is 10.1. The molecule has 0 radical (unpaired) electrons. The molecule has 0 spiro atoms. The summed E-state index contributed by atoms with van der Waals surface area (Å²) in [5.41, 5.74) is 7.49. The minimum atomic E-state index is -0.532. The van der Waals surface area contributed by atoms with E-state index in [4.69, 9.17) is 10.5 Å². The Labute approximate surface area is 169 Å². The number of nitrogens with zero attached hydrogens (tertiary/aromatic N) is 1. The first kappa shape index (κ1) is 21.2. The van der Waals surface area contributed by atoms with Crippen LogP contribution in [0.5, 0.6) is 0 Å². The standard InChI is InChI=1S/C21H28BrN3O2/c1-3-27-21(26)20(25-14-23)19(22)15(2)24-13-16-8-7-11-18(12-16)17-9-5-4-6-10-17/h4-6,9-10,14,16,18,24H,2-3,7-8,11-13H2,1H3,(H2,23,25)/b20-19+/t16-,18+/m0/s1. The highest BCUT2D eigenvalue weighted by atomic mass is 79.9. The van der Waals surface area contributed by atoms with Crippen LogP contribution >= 0.6 is 15.9 Å². The van der Waals surface area contributed by atoms with Crippen molar-refractivity contribution in [2.75, 3.05) is 13.2 Å². The molecule has 27 heavy (non-hydrogen) atoms. The molecule has 5 nitrogen and oxygen atoms in total. The Hall–Kier alpha value is -2.08. The Morgan fingerprint density at radius 1 is 1.41 bits per heavy atom. The number of aliphatic imine (C=N–C) groups is 1. The van der Waals surface area contributed by atoms with Gasteiger partial charge in [0.25, 0.3) is 0 Å². The average molecular weight is 434 g/mol. The second kappa shape index (κ2) is 10.9. The van der Waals surface area contributed by atoms with Gasteiger partial charge in [-0.3, -0.25) is 0 Å². The van der Waals surface area contributed by atoms with Crippen molar-refractivity contribution in [3.05, 3.63) is 58.4 Å². The minimum absolute atomic E-state index is 0.114. The third-order valence-corrected chi connectivity index (χ3v) is 5.66. The van der Waals surface area contributed by atoms with E-state index in [9.17, 15) is 4.79 Å². The number of esters is 1. The number of rotatable bonds is 8. The van der Waals surface area contributed by atoms with Crippen LogP contribution in [0.3, 0.4) is 0 Å². The molecule has 1 fully saturated rings. The second-order valence-corrected chi connectivity index (χ2v) is 7.45. The maximum Gasteiger partial charge on any atom is 0.358 e. The predicted molar refractivity (Wildman–Crippen MR) is 114 cm³/mol. The zero-order chi connectivity index (χ0) is 19.6. The van der Waals surface area contributed by atoms with E-state index in [-0.39, 0.29) is 12.3 Å². The molecule has 0 bridgehead atoms. The van der Waals surface area contributed by atoms with Gasteiger partial charge in [0, 0.05) is 12.2 Å². The number of allylic oxidation sites excluding steroid dienone is 1. The zero-order valence-electron chi connectivity index (χ0n) is 15.8. The number of hydrogen-bond acceptors (Lipinski definition) is 4. The number of carbonyl (C=O) groups excluding carboxylic acids is 1. The minimum Gasteiger partial charge on any atom is -0.461 e. The van der Waals surface area contributed by atoms with Crippen molar-refractivity contribution in [2.45, 2.75) is 38.5 Å². The van der Waals surface area contributed by atoms with Gasteiger partial charge in [-0.1, -0.05) is 43.3 Å². The van der Waals surface area contributed by atoms with Crippen LogP contribution in [0.2, 0.25) is 0 Å². The molecule has 6 heteroatoms. The summed E-state index contributed by atoms with van der Waals surface area (Å²) in [5, 5.41) is 3.34. The van der Waals surface area contributed by atoms with E-state index in [1.165, 1.54) is 24.8 Å². The number of benzene rings is 1. The van der Waals surface area contributed by atoms with Crippen molar-refractivity contribution in [2.24, 2.45) is 16.6 Å². The van der Waals surface area contributed by atoms with Gasteiger partial charge in [-0.05, 0) is 59.5 Å². The van der Waals surface area contributed by atoms with Gasteiger partial charge in [-0.15, -0.1) is 0 Å². The highest BCUT2D eigenvalue weighted by molar-refractivity contribution is 9.12. The summed E-state index contributed by atoms with van der Waals surface area (Å²) in [6.07, 6.45) is 5.88. The van der Waals surface area contributed by atoms with Crippen LogP contribution in [-0.4, -0.2) is 25.5 Å². The molecule has 3 N–H and O–H groups in total. The van der Waals surface area contributed by atoms with Gasteiger partial charge in [-0.25, -0.2) is 9.79 Å². The number of nitrogens with one attached hydrogen (secondary N) is 1. The van der Waals surface area contributed by atoms with E-state index >= 15 is 0 Å². The maximum atomic E-state index is 12.0. The normalized spacial score (nSPS) is 20.8. The summed E-state index contributed by atoms with van der Waals surface area (Å²) in [7, 11) is 0. The molecule has 146 valence electrons. The number of halogens is 1. The lowest BCUT2D eigenvalue weighted by Crippen LogP contribution is -2.26. The van der Waals surface area contributed by atoms with Crippen LogP contribution in [0, 0.1) is 5.92 Å². The van der Waals surface area contributed by atoms with Crippen molar-refractivity contribution in [3.63, 3.8) is 0 Å². The molecule has 2 atom stereocenters. The fourth-order valence-electron chi connectivity index (χ4n) is 3.47. The Kier molecular flexibility index (Phi) is 8.58. The van der Waals surface area contributed by atoms with E-state index in [2.05, 4.69) is 63.1 Å². The number of nitrogens with two attached hydrogens (primary N) is 1. The molecule has 1 aromatic carbocycles. The van der Waals surface area contributed by atoms with Gasteiger partial charge < -0.3 is 15.8 Å². The molecular formula is C21H28BrN3O2. The predicted octanol–water partition coefficient (Wildman–Crippen LogP) is 4.22. The zero-order valence-corrected chi connectivity index (χ0v) is 17.4. The molecule has 1 aliphatic rings. The molecule has 1 saturated carbocycles. The lowest BCUT2D eigenvalue weighted by Gasteiger charge is -2.30. The Balaban J connectivity index is 1.97. The first-order valence-electron chi connectivity index (χ1n) is 9.36. The van der Waals surface area contributed by atoms with Crippen LogP contribution < -0.4 is 11.1 Å². The second-order valence-electron chi connectivity index (χ2n) is 6.66. The van der Waals surface area contributed by atoms with Crippen molar-refractivity contribution in [3.8, 4) is 0 Å². The summed E-state index contributed by atoms with van der Waals surface area (Å²) in [6.45, 7) is 6.84. The third-order valence-electron chi connectivity index (χ3n) is 4.80. The van der Waals surface area contributed by atoms with Crippen LogP contribution in [0.1, 0.15) is 44.1 Å². The smallest absolute Gasteiger partial charge is 0.358 e. The van der Waals surface area contributed by atoms with E-state index < -0.39 is 5.97 Å². The number of ether oxygens (including phenoxy) is 1. The molecule has 1 aliphatic carbocycles. The monoisotopic (exact) mass is 433 g/mol. The summed E-state index contributed by atoms with van der Waals surface area (Å²) in [6, 6.07) is 10.7. The Morgan fingerprint density at radius 2 is 2.15 bits per heavy atom. The topological polar surface area (TPSA) is 76.7 Å². The van der Waals surface area contributed by atoms with Gasteiger partial charge in [-0.2, -0.15) is 0 Å². The molecule has 0 aromatic heterocycles. The molecular weight excluding hydrogens is 406 g/mol. The fraction of sp³-hybridized carbons (Fsp3) is 0.429. The van der Waals surface area contributed by atoms with Crippen LogP contribution in [0.25, 0.3) is 0 Å². The van der Waals surface area contributed by atoms with Gasteiger partial charge in [0.05, 0.1) is 17.4 Å². The summed E-state index contributed by atoms with van der Waals surface area (Å²) in [4.78, 5) is 16.0. The van der Waals surface area contributed by atoms with Crippen LogP contribution in [-0.2, 0) is 9.53 Å². The lowest BCUT2D eigenvalue weighted by molar-refractivity contribution is -0.138. The van der Waals surface area contributed by atoms with Gasteiger partial charge in [0.2, 0.25) is 0 Å². The van der Waals surface area contributed by atoms with Crippen molar-refractivity contribution >= 4 is 28.2 Å². The largest absolute Gasteiger partial charge is 0.461 e. The molecule has 0 heterocycles. The molecule has 2 rings (SSSR count). The highest BCUT2D eigenvalue weighted by Gasteiger charge is 2.23. The number of carbonyl (C=O) groups is 1. The van der Waals surface area contributed by atoms with Gasteiger partial charge >= 0.3 is 5.97 Å². The molecule has 0 unspecified atom stereocenters. The van der Waals surface area contributed by atoms with Crippen molar-refractivity contribution in [1.82, 2.24) is 5.32 Å². The molecule has 0 aliphatic heterocycles. The summed E-state index contributed by atoms with van der Waals surface area (Å²) < 4.78 is 5.49. The Bertz CT molecular complexity index is 701. The van der Waals surface area contributed by atoms with Crippen molar-refractivity contribution in [1.29, 1.82) is 0 Å². The van der Waals surface area contributed by atoms with Crippen LogP contribution in [0.15, 0.2) is 57.8 Å². The average Bonchev–Trinajstić information content (AvgIpc) is 2.70. The van der Waals surface area contributed by atoms with E-state index in [1.807, 2.05) is 0 Å². The summed E-state index contributed by atoms with van der Waals surface area (Å²) in [5.74, 6) is 0.636. The summed E-state index contributed by atoms with van der Waals surface area (Å²) >= 11 is 3.40. The first-order chi connectivity index (χ1) is 13.1. The van der Waals surface area contributed by atoms with Crippen LogP contribution in [0.4, 0.5) is 0 Å². The third kappa shape index (κ3) is 6.24. The number of hydrogen-bond donors (Lipinski definition) is 2. The fourth-order valence-corrected chi connectivity index (χ4v) is 3.87. The van der Waals surface area contributed by atoms with E-state index in [0.717, 1.165) is 19.3 Å². The highest BCUT2D eigenvalue weighted by Crippen LogP contribution is 2.36. The van der Waals surface area contributed by atoms with Gasteiger partial charge in [0.1, 0.15) is 0 Å².